The summed E-state index contributed by atoms with van der Waals surface area (Å²) >= 11 is 0. The first-order valence-electron chi connectivity index (χ1n) is 5.91. The quantitative estimate of drug-likeness (QED) is 0.759. The molecular weight excluding hydrogens is 240 g/mol. The highest BCUT2D eigenvalue weighted by Gasteiger charge is 2.02. The first-order valence-corrected chi connectivity index (χ1v) is 5.91. The van der Waals surface area contributed by atoms with Crippen molar-refractivity contribution in [3.63, 3.8) is 0 Å². The van der Waals surface area contributed by atoms with Gasteiger partial charge in [-0.15, -0.1) is 0 Å². The van der Waals surface area contributed by atoms with Crippen LogP contribution < -0.4 is 4.74 Å². The third-order valence-corrected chi connectivity index (χ3v) is 2.77. The van der Waals surface area contributed by atoms with Gasteiger partial charge in [0.1, 0.15) is 17.3 Å². The van der Waals surface area contributed by atoms with Gasteiger partial charge in [-0.3, -0.25) is 0 Å². The molecule has 4 heteroatoms. The first-order chi connectivity index (χ1) is 9.20. The van der Waals surface area contributed by atoms with Crippen LogP contribution in [0.25, 0.3) is 10.8 Å². The van der Waals surface area contributed by atoms with Crippen molar-refractivity contribution in [2.24, 2.45) is 0 Å². The molecule has 2 aromatic carbocycles. The average molecular weight is 252 g/mol. The number of aryl methyl sites for hydroxylation is 1. The lowest BCUT2D eigenvalue weighted by Gasteiger charge is -2.06. The Bertz CT molecular complexity index is 741. The number of nitrogens with zero attached hydrogens (tertiary/aromatic N) is 2. The molecule has 0 radical (unpaired) electrons. The standard InChI is InChI=1S/C15H12N2O2/c1-10-16-7-6-15(17-10)19-14-5-3-11-2-4-13(18)8-12(11)9-14/h2-9,18H,1H3. The maximum absolute atomic E-state index is 9.49. The lowest BCUT2D eigenvalue weighted by atomic mass is 10.1. The third kappa shape index (κ3) is 2.47. The Morgan fingerprint density at radius 3 is 2.68 bits per heavy atom. The molecule has 0 saturated heterocycles. The molecule has 3 aromatic rings. The predicted molar refractivity (Wildman–Crippen MR) is 72.5 cm³/mol. The minimum Gasteiger partial charge on any atom is -0.508 e. The smallest absolute Gasteiger partial charge is 0.222 e. The zero-order valence-corrected chi connectivity index (χ0v) is 10.4. The second kappa shape index (κ2) is 4.57. The van der Waals surface area contributed by atoms with E-state index in [4.69, 9.17) is 4.74 Å². The van der Waals surface area contributed by atoms with Crippen LogP contribution in [-0.2, 0) is 0 Å². The van der Waals surface area contributed by atoms with Crippen LogP contribution in [0.1, 0.15) is 5.82 Å². The molecule has 0 aliphatic carbocycles. The van der Waals surface area contributed by atoms with Crippen molar-refractivity contribution < 1.29 is 9.84 Å². The zero-order chi connectivity index (χ0) is 13.2. The Morgan fingerprint density at radius 1 is 1.00 bits per heavy atom. The third-order valence-electron chi connectivity index (χ3n) is 2.77. The summed E-state index contributed by atoms with van der Waals surface area (Å²) in [6, 6.07) is 12.6. The molecule has 0 unspecified atom stereocenters. The Labute approximate surface area is 110 Å². The summed E-state index contributed by atoms with van der Waals surface area (Å²) in [6.07, 6.45) is 1.66. The van der Waals surface area contributed by atoms with Gasteiger partial charge < -0.3 is 9.84 Å². The van der Waals surface area contributed by atoms with Gasteiger partial charge in [-0.05, 0) is 42.0 Å². The highest BCUT2D eigenvalue weighted by molar-refractivity contribution is 5.85. The average Bonchev–Trinajstić information content (AvgIpc) is 2.38. The summed E-state index contributed by atoms with van der Waals surface area (Å²) in [7, 11) is 0. The Kier molecular flexibility index (Phi) is 2.76. The van der Waals surface area contributed by atoms with Crippen LogP contribution in [0.3, 0.4) is 0 Å². The number of hydrogen-bond acceptors (Lipinski definition) is 4. The fourth-order valence-electron chi connectivity index (χ4n) is 1.89. The summed E-state index contributed by atoms with van der Waals surface area (Å²) < 4.78 is 5.67. The Morgan fingerprint density at radius 2 is 1.84 bits per heavy atom. The van der Waals surface area contributed by atoms with Crippen LogP contribution >= 0.6 is 0 Å². The van der Waals surface area contributed by atoms with Crippen LogP contribution in [0.5, 0.6) is 17.4 Å². The molecule has 0 aliphatic rings. The van der Waals surface area contributed by atoms with Gasteiger partial charge in [-0.1, -0.05) is 12.1 Å². The van der Waals surface area contributed by atoms with E-state index in [0.29, 0.717) is 17.5 Å². The number of phenolic OH excluding ortho intramolecular Hbond substituents is 1. The van der Waals surface area contributed by atoms with E-state index >= 15 is 0 Å². The molecule has 19 heavy (non-hydrogen) atoms. The summed E-state index contributed by atoms with van der Waals surface area (Å²) in [6.45, 7) is 1.81. The first kappa shape index (κ1) is 11.5. The maximum Gasteiger partial charge on any atom is 0.222 e. The summed E-state index contributed by atoms with van der Waals surface area (Å²) in [5.41, 5.74) is 0. The van der Waals surface area contributed by atoms with Gasteiger partial charge >= 0.3 is 0 Å². The van der Waals surface area contributed by atoms with Crippen molar-refractivity contribution >= 4 is 10.8 Å². The molecule has 0 amide bonds. The van der Waals surface area contributed by atoms with Gasteiger partial charge in [0, 0.05) is 12.3 Å². The lowest BCUT2D eigenvalue weighted by molar-refractivity contribution is 0.460. The number of aromatic nitrogens is 2. The lowest BCUT2D eigenvalue weighted by Crippen LogP contribution is -1.91. The molecule has 0 bridgehead atoms. The van der Waals surface area contributed by atoms with Crippen molar-refractivity contribution in [2.45, 2.75) is 6.92 Å². The number of benzene rings is 2. The molecule has 1 N–H and O–H groups in total. The van der Waals surface area contributed by atoms with E-state index in [1.165, 1.54) is 0 Å². The van der Waals surface area contributed by atoms with E-state index in [1.807, 2.05) is 31.2 Å². The van der Waals surface area contributed by atoms with Gasteiger partial charge in [-0.2, -0.15) is 4.98 Å². The van der Waals surface area contributed by atoms with E-state index in [-0.39, 0.29) is 5.75 Å². The van der Waals surface area contributed by atoms with E-state index in [9.17, 15) is 5.11 Å². The maximum atomic E-state index is 9.49. The highest BCUT2D eigenvalue weighted by Crippen LogP contribution is 2.26. The molecule has 1 heterocycles. The molecule has 0 spiro atoms. The minimum absolute atomic E-state index is 0.238. The van der Waals surface area contributed by atoms with Crippen LogP contribution in [0.15, 0.2) is 48.7 Å². The van der Waals surface area contributed by atoms with E-state index < -0.39 is 0 Å². The molecule has 0 atom stereocenters. The Balaban J connectivity index is 1.97. The molecule has 0 saturated carbocycles. The van der Waals surface area contributed by atoms with Crippen LogP contribution in [0, 0.1) is 6.92 Å². The van der Waals surface area contributed by atoms with E-state index in [1.54, 1.807) is 24.4 Å². The number of hydrogen-bond donors (Lipinski definition) is 1. The van der Waals surface area contributed by atoms with Gasteiger partial charge in [0.15, 0.2) is 0 Å². The van der Waals surface area contributed by atoms with Gasteiger partial charge in [-0.25, -0.2) is 4.98 Å². The Hall–Kier alpha value is -2.62. The number of ether oxygens (including phenoxy) is 1. The van der Waals surface area contributed by atoms with Crippen molar-refractivity contribution in [1.29, 1.82) is 0 Å². The summed E-state index contributed by atoms with van der Waals surface area (Å²) in [4.78, 5) is 8.20. The second-order valence-corrected chi connectivity index (χ2v) is 4.24. The van der Waals surface area contributed by atoms with Gasteiger partial charge in [0.05, 0.1) is 0 Å². The van der Waals surface area contributed by atoms with E-state index in [0.717, 1.165) is 10.8 Å². The fourth-order valence-corrected chi connectivity index (χ4v) is 1.89. The largest absolute Gasteiger partial charge is 0.508 e. The van der Waals surface area contributed by atoms with Crippen molar-refractivity contribution in [2.75, 3.05) is 0 Å². The van der Waals surface area contributed by atoms with Crippen molar-refractivity contribution in [3.8, 4) is 17.4 Å². The summed E-state index contributed by atoms with van der Waals surface area (Å²) in [5.74, 6) is 2.08. The highest BCUT2D eigenvalue weighted by atomic mass is 16.5. The van der Waals surface area contributed by atoms with Crippen molar-refractivity contribution in [1.82, 2.24) is 9.97 Å². The fraction of sp³-hybridized carbons (Fsp3) is 0.0667. The van der Waals surface area contributed by atoms with Crippen molar-refractivity contribution in [3.05, 3.63) is 54.5 Å². The van der Waals surface area contributed by atoms with Gasteiger partial charge in [0.2, 0.25) is 5.88 Å². The topological polar surface area (TPSA) is 55.2 Å². The predicted octanol–water partition coefficient (Wildman–Crippen LogP) is 3.44. The number of aromatic hydroxyl groups is 1. The number of phenols is 1. The van der Waals surface area contributed by atoms with Crippen LogP contribution in [-0.4, -0.2) is 15.1 Å². The van der Waals surface area contributed by atoms with E-state index in [2.05, 4.69) is 9.97 Å². The van der Waals surface area contributed by atoms with Crippen LogP contribution in [0.2, 0.25) is 0 Å². The molecule has 4 nitrogen and oxygen atoms in total. The van der Waals surface area contributed by atoms with Gasteiger partial charge in [0.25, 0.3) is 0 Å². The molecule has 1 aromatic heterocycles. The molecular formula is C15H12N2O2. The minimum atomic E-state index is 0.238. The number of fused-ring (bicyclic) bond motifs is 1. The van der Waals surface area contributed by atoms with Crippen LogP contribution in [0.4, 0.5) is 0 Å². The zero-order valence-electron chi connectivity index (χ0n) is 10.4. The molecule has 0 aliphatic heterocycles. The number of rotatable bonds is 2. The molecule has 94 valence electrons. The molecule has 0 fully saturated rings. The summed E-state index contributed by atoms with van der Waals surface area (Å²) in [5, 5.41) is 11.5. The second-order valence-electron chi connectivity index (χ2n) is 4.24. The normalized spacial score (nSPS) is 10.6. The molecule has 3 rings (SSSR count). The monoisotopic (exact) mass is 252 g/mol. The SMILES string of the molecule is Cc1nccc(Oc2ccc3ccc(O)cc3c2)n1.